The van der Waals surface area contributed by atoms with Crippen LogP contribution in [0.15, 0.2) is 54.5 Å². The first-order valence-corrected chi connectivity index (χ1v) is 11.0. The van der Waals surface area contributed by atoms with Gasteiger partial charge in [0, 0.05) is 17.1 Å². The third kappa shape index (κ3) is 4.52. The summed E-state index contributed by atoms with van der Waals surface area (Å²) in [6.45, 7) is 6.48. The van der Waals surface area contributed by atoms with Crippen LogP contribution in [0.4, 0.5) is 0 Å². The standard InChI is InChI=1S/C23H25BrN2O4/c1-14-7-9-26(10-8-14)18(20-6-3-15(2)29-20)13-25-23(28)22-12-19(27)17-5-4-16(24)11-21(17)30-22/h3-6,11-12,14,18H,7-10,13H2,1-2H3,(H,25,28). The quantitative estimate of drug-likeness (QED) is 0.584. The van der Waals surface area contributed by atoms with Crippen LogP contribution in [0.25, 0.3) is 11.0 Å². The molecule has 1 N–H and O–H groups in total. The molecule has 4 rings (SSSR count). The number of halogens is 1. The number of likely N-dealkylation sites (tertiary alicyclic amines) is 1. The Morgan fingerprint density at radius 1 is 1.20 bits per heavy atom. The SMILES string of the molecule is Cc1ccc(C(CNC(=O)c2cc(=O)c3ccc(Br)cc3o2)N2CCC(C)CC2)o1. The number of nitrogens with one attached hydrogen (secondary N) is 1. The first-order chi connectivity index (χ1) is 14.4. The van der Waals surface area contributed by atoms with Gasteiger partial charge in [-0.2, -0.15) is 0 Å². The van der Waals surface area contributed by atoms with E-state index in [1.54, 1.807) is 18.2 Å². The largest absolute Gasteiger partial charge is 0.465 e. The molecule has 0 radical (unpaired) electrons. The van der Waals surface area contributed by atoms with Gasteiger partial charge in [-0.25, -0.2) is 0 Å². The Morgan fingerprint density at radius 2 is 1.97 bits per heavy atom. The van der Waals surface area contributed by atoms with Crippen molar-refractivity contribution in [2.75, 3.05) is 19.6 Å². The Morgan fingerprint density at radius 3 is 2.67 bits per heavy atom. The predicted molar refractivity (Wildman–Crippen MR) is 119 cm³/mol. The molecule has 1 aromatic carbocycles. The molecule has 1 saturated heterocycles. The highest BCUT2D eigenvalue weighted by Gasteiger charge is 2.27. The predicted octanol–water partition coefficient (Wildman–Crippen LogP) is 4.66. The smallest absolute Gasteiger partial charge is 0.287 e. The lowest BCUT2D eigenvalue weighted by Gasteiger charge is -2.35. The molecular formula is C23H25BrN2O4. The highest BCUT2D eigenvalue weighted by molar-refractivity contribution is 9.10. The van der Waals surface area contributed by atoms with Crippen LogP contribution in [0.2, 0.25) is 0 Å². The molecule has 0 aliphatic carbocycles. The van der Waals surface area contributed by atoms with E-state index < -0.39 is 5.91 Å². The summed E-state index contributed by atoms with van der Waals surface area (Å²) in [6.07, 6.45) is 2.25. The fraction of sp³-hybridized carbons (Fsp3) is 0.391. The summed E-state index contributed by atoms with van der Waals surface area (Å²) in [5.41, 5.74) is 0.141. The van der Waals surface area contributed by atoms with Crippen LogP contribution in [-0.4, -0.2) is 30.4 Å². The number of fused-ring (bicyclic) bond motifs is 1. The Kier molecular flexibility index (Phi) is 6.11. The lowest BCUT2D eigenvalue weighted by atomic mass is 9.97. The molecule has 1 amide bonds. The summed E-state index contributed by atoms with van der Waals surface area (Å²) in [6, 6.07) is 10.2. The molecule has 3 heterocycles. The number of piperidine rings is 1. The molecule has 1 aliphatic rings. The number of carbonyl (C=O) groups excluding carboxylic acids is 1. The molecule has 0 spiro atoms. The van der Waals surface area contributed by atoms with Crippen LogP contribution in [0.3, 0.4) is 0 Å². The van der Waals surface area contributed by atoms with E-state index in [2.05, 4.69) is 33.1 Å². The molecule has 1 atom stereocenters. The average Bonchev–Trinajstić information content (AvgIpc) is 3.14. The molecule has 1 aliphatic heterocycles. The zero-order chi connectivity index (χ0) is 21.3. The second-order valence-electron chi connectivity index (χ2n) is 8.01. The van der Waals surface area contributed by atoms with Crippen molar-refractivity contribution in [2.45, 2.75) is 32.7 Å². The van der Waals surface area contributed by atoms with E-state index in [1.165, 1.54) is 6.07 Å². The lowest BCUT2D eigenvalue weighted by molar-refractivity contribution is 0.0870. The average molecular weight is 473 g/mol. The van der Waals surface area contributed by atoms with E-state index >= 15 is 0 Å². The highest BCUT2D eigenvalue weighted by Crippen LogP contribution is 2.28. The molecule has 158 valence electrons. The number of benzene rings is 1. The molecule has 0 bridgehead atoms. The van der Waals surface area contributed by atoms with Gasteiger partial charge in [0.15, 0.2) is 11.2 Å². The van der Waals surface area contributed by atoms with E-state index in [-0.39, 0.29) is 17.2 Å². The Hall–Kier alpha value is -2.38. The van der Waals surface area contributed by atoms with Gasteiger partial charge in [0.1, 0.15) is 17.1 Å². The van der Waals surface area contributed by atoms with Crippen LogP contribution in [0.1, 0.15) is 47.9 Å². The number of carbonyl (C=O) groups is 1. The lowest BCUT2D eigenvalue weighted by Crippen LogP contribution is -2.41. The number of hydrogen-bond acceptors (Lipinski definition) is 5. The normalized spacial score (nSPS) is 16.6. The Balaban J connectivity index is 1.54. The minimum absolute atomic E-state index is 0.00671. The minimum atomic E-state index is -0.410. The van der Waals surface area contributed by atoms with Crippen LogP contribution in [0, 0.1) is 12.8 Å². The zero-order valence-corrected chi connectivity index (χ0v) is 18.7. The molecule has 7 heteroatoms. The summed E-state index contributed by atoms with van der Waals surface area (Å²) >= 11 is 3.37. The molecule has 1 fully saturated rings. The number of amides is 1. The fourth-order valence-corrected chi connectivity index (χ4v) is 4.24. The molecule has 3 aromatic rings. The molecule has 2 aromatic heterocycles. The van der Waals surface area contributed by atoms with Gasteiger partial charge in [-0.3, -0.25) is 14.5 Å². The highest BCUT2D eigenvalue weighted by atomic mass is 79.9. The first kappa shape index (κ1) is 20.9. The molecular weight excluding hydrogens is 448 g/mol. The summed E-state index contributed by atoms with van der Waals surface area (Å²) in [7, 11) is 0. The van der Waals surface area contributed by atoms with Crippen molar-refractivity contribution in [1.29, 1.82) is 0 Å². The van der Waals surface area contributed by atoms with Crippen molar-refractivity contribution in [3.05, 3.63) is 68.4 Å². The number of hydrogen-bond donors (Lipinski definition) is 1. The van der Waals surface area contributed by atoms with Gasteiger partial charge in [0.25, 0.3) is 5.91 Å². The van der Waals surface area contributed by atoms with E-state index in [4.69, 9.17) is 8.83 Å². The molecule has 1 unspecified atom stereocenters. The van der Waals surface area contributed by atoms with Gasteiger partial charge in [-0.05, 0) is 69.1 Å². The first-order valence-electron chi connectivity index (χ1n) is 10.2. The van der Waals surface area contributed by atoms with Crippen molar-refractivity contribution < 1.29 is 13.6 Å². The summed E-state index contributed by atoms with van der Waals surface area (Å²) in [4.78, 5) is 27.5. The maximum Gasteiger partial charge on any atom is 0.287 e. The van der Waals surface area contributed by atoms with Crippen molar-refractivity contribution >= 4 is 32.8 Å². The Bertz CT molecular complexity index is 1110. The van der Waals surface area contributed by atoms with E-state index in [0.717, 1.165) is 41.9 Å². The second-order valence-corrected chi connectivity index (χ2v) is 8.92. The molecule has 6 nitrogen and oxygen atoms in total. The third-order valence-corrected chi connectivity index (χ3v) is 6.21. The zero-order valence-electron chi connectivity index (χ0n) is 17.1. The van der Waals surface area contributed by atoms with Gasteiger partial charge in [-0.1, -0.05) is 22.9 Å². The fourth-order valence-electron chi connectivity index (χ4n) is 3.90. The molecule has 30 heavy (non-hydrogen) atoms. The van der Waals surface area contributed by atoms with Gasteiger partial charge < -0.3 is 14.2 Å². The van der Waals surface area contributed by atoms with Crippen molar-refractivity contribution in [3.8, 4) is 0 Å². The number of nitrogens with zero attached hydrogens (tertiary/aromatic N) is 1. The van der Waals surface area contributed by atoms with Crippen molar-refractivity contribution in [1.82, 2.24) is 10.2 Å². The van der Waals surface area contributed by atoms with Gasteiger partial charge >= 0.3 is 0 Å². The van der Waals surface area contributed by atoms with E-state index in [1.807, 2.05) is 19.1 Å². The van der Waals surface area contributed by atoms with Gasteiger partial charge in [0.05, 0.1) is 11.4 Å². The number of aryl methyl sites for hydroxylation is 1. The summed E-state index contributed by atoms with van der Waals surface area (Å²) in [5.74, 6) is 1.99. The number of rotatable bonds is 5. The minimum Gasteiger partial charge on any atom is -0.465 e. The Labute approximate surface area is 183 Å². The van der Waals surface area contributed by atoms with Gasteiger partial charge in [-0.15, -0.1) is 0 Å². The maximum atomic E-state index is 12.8. The third-order valence-electron chi connectivity index (χ3n) is 5.72. The van der Waals surface area contributed by atoms with E-state index in [0.29, 0.717) is 23.4 Å². The maximum absolute atomic E-state index is 12.8. The van der Waals surface area contributed by atoms with Crippen LogP contribution in [-0.2, 0) is 0 Å². The summed E-state index contributed by atoms with van der Waals surface area (Å²) < 4.78 is 12.4. The topological polar surface area (TPSA) is 75.7 Å². The van der Waals surface area contributed by atoms with E-state index in [9.17, 15) is 9.59 Å². The summed E-state index contributed by atoms with van der Waals surface area (Å²) in [5, 5.41) is 3.38. The molecule has 0 saturated carbocycles. The van der Waals surface area contributed by atoms with Crippen LogP contribution in [0.5, 0.6) is 0 Å². The van der Waals surface area contributed by atoms with Crippen molar-refractivity contribution in [2.24, 2.45) is 5.92 Å². The van der Waals surface area contributed by atoms with Crippen LogP contribution < -0.4 is 10.7 Å². The van der Waals surface area contributed by atoms with Crippen molar-refractivity contribution in [3.63, 3.8) is 0 Å². The second kappa shape index (κ2) is 8.78. The van der Waals surface area contributed by atoms with Crippen LogP contribution >= 0.6 is 15.9 Å². The van der Waals surface area contributed by atoms with Gasteiger partial charge in [0.2, 0.25) is 0 Å². The number of furan rings is 1. The monoisotopic (exact) mass is 472 g/mol.